The first-order valence-electron chi connectivity index (χ1n) is 5.61. The van der Waals surface area contributed by atoms with Crippen LogP contribution in [-0.2, 0) is 6.42 Å². The van der Waals surface area contributed by atoms with Gasteiger partial charge in [-0.1, -0.05) is 65.8 Å². The fraction of sp³-hybridized carbons (Fsp3) is 0.538. The maximum Gasteiger partial charge on any atom is 0.0408 e. The second kappa shape index (κ2) is 7.29. The number of alkyl halides is 1. The lowest BCUT2D eigenvalue weighted by Gasteiger charge is -2.09. The van der Waals surface area contributed by atoms with E-state index in [4.69, 9.17) is 11.6 Å². The number of hydrogen-bond acceptors (Lipinski definition) is 0. The fourth-order valence-electron chi connectivity index (χ4n) is 1.64. The summed E-state index contributed by atoms with van der Waals surface area (Å²) in [6, 6.07) is 8.13. The quantitative estimate of drug-likeness (QED) is 0.497. The second-order valence-corrected chi connectivity index (χ2v) is 5.66. The lowest BCUT2D eigenvalue weighted by molar-refractivity contribution is 0.648. The molecule has 0 aliphatic heterocycles. The summed E-state index contributed by atoms with van der Waals surface area (Å²) in [4.78, 5) is 0.586. The van der Waals surface area contributed by atoms with Gasteiger partial charge in [-0.05, 0) is 30.5 Å². The lowest BCUT2D eigenvalue weighted by Crippen LogP contribution is -2.02. The average Bonchev–Trinajstić information content (AvgIpc) is 2.18. The number of rotatable bonds is 6. The molecule has 0 bridgehead atoms. The first-order chi connectivity index (χ1) is 7.22. The monoisotopic (exact) mass is 288 g/mol. The summed E-state index contributed by atoms with van der Waals surface area (Å²) in [5.74, 6) is 0. The summed E-state index contributed by atoms with van der Waals surface area (Å²) in [6.45, 7) is 2.24. The van der Waals surface area contributed by atoms with Gasteiger partial charge in [0.2, 0.25) is 0 Å². The van der Waals surface area contributed by atoms with Gasteiger partial charge < -0.3 is 0 Å². The Morgan fingerprint density at radius 1 is 1.33 bits per heavy atom. The molecule has 0 spiro atoms. The Labute approximate surface area is 106 Å². The Morgan fingerprint density at radius 2 is 2.13 bits per heavy atom. The van der Waals surface area contributed by atoms with E-state index in [0.717, 1.165) is 11.4 Å². The topological polar surface area (TPSA) is 0 Å². The molecular weight excluding hydrogens is 271 g/mol. The normalized spacial score (nSPS) is 12.7. The van der Waals surface area contributed by atoms with Gasteiger partial charge in [-0.2, -0.15) is 0 Å². The highest BCUT2D eigenvalue weighted by Crippen LogP contribution is 2.18. The lowest BCUT2D eigenvalue weighted by atomic mass is 10.1. The van der Waals surface area contributed by atoms with Gasteiger partial charge in [0.25, 0.3) is 0 Å². The van der Waals surface area contributed by atoms with Crippen molar-refractivity contribution >= 4 is 27.5 Å². The molecule has 0 aliphatic rings. The second-order valence-electron chi connectivity index (χ2n) is 3.93. The maximum absolute atomic E-state index is 5.94. The van der Waals surface area contributed by atoms with E-state index in [1.165, 1.54) is 31.2 Å². The van der Waals surface area contributed by atoms with E-state index in [0.29, 0.717) is 4.83 Å². The van der Waals surface area contributed by atoms with E-state index in [2.05, 4.69) is 35.0 Å². The van der Waals surface area contributed by atoms with E-state index in [9.17, 15) is 0 Å². The van der Waals surface area contributed by atoms with Gasteiger partial charge in [-0.25, -0.2) is 0 Å². The van der Waals surface area contributed by atoms with Crippen LogP contribution in [-0.4, -0.2) is 4.83 Å². The molecule has 2 heteroatoms. The van der Waals surface area contributed by atoms with Crippen LogP contribution in [0.2, 0.25) is 5.02 Å². The molecule has 1 aromatic carbocycles. The third-order valence-electron chi connectivity index (χ3n) is 2.47. The zero-order valence-corrected chi connectivity index (χ0v) is 11.5. The van der Waals surface area contributed by atoms with E-state index in [-0.39, 0.29) is 0 Å². The zero-order chi connectivity index (χ0) is 11.1. The third-order valence-corrected chi connectivity index (χ3v) is 3.48. The predicted molar refractivity (Wildman–Crippen MR) is 72.0 cm³/mol. The van der Waals surface area contributed by atoms with Crippen LogP contribution in [0.5, 0.6) is 0 Å². The summed E-state index contributed by atoms with van der Waals surface area (Å²) in [7, 11) is 0. The molecule has 1 aromatic rings. The molecule has 15 heavy (non-hydrogen) atoms. The van der Waals surface area contributed by atoms with Crippen LogP contribution >= 0.6 is 27.5 Å². The van der Waals surface area contributed by atoms with Crippen molar-refractivity contribution in [2.75, 3.05) is 0 Å². The van der Waals surface area contributed by atoms with Crippen LogP contribution in [0.25, 0.3) is 0 Å². The molecule has 0 aliphatic carbocycles. The number of benzene rings is 1. The molecule has 0 radical (unpaired) electrons. The van der Waals surface area contributed by atoms with E-state index in [1.807, 2.05) is 12.1 Å². The molecular formula is C13H18BrCl. The van der Waals surface area contributed by atoms with Crippen molar-refractivity contribution in [2.45, 2.75) is 43.9 Å². The molecule has 1 rings (SSSR count). The molecule has 0 heterocycles. The highest BCUT2D eigenvalue weighted by Gasteiger charge is 2.05. The molecule has 1 atom stereocenters. The molecule has 1 unspecified atom stereocenters. The molecule has 0 amide bonds. The number of hydrogen-bond donors (Lipinski definition) is 0. The molecule has 0 fully saturated rings. The summed E-state index contributed by atoms with van der Waals surface area (Å²) in [6.07, 6.45) is 6.26. The van der Waals surface area contributed by atoms with Gasteiger partial charge in [0.05, 0.1) is 0 Å². The average molecular weight is 290 g/mol. The van der Waals surface area contributed by atoms with Crippen molar-refractivity contribution in [1.29, 1.82) is 0 Å². The summed E-state index contributed by atoms with van der Waals surface area (Å²) >= 11 is 9.67. The van der Waals surface area contributed by atoms with Crippen molar-refractivity contribution in [3.63, 3.8) is 0 Å². The van der Waals surface area contributed by atoms with Gasteiger partial charge in [0.15, 0.2) is 0 Å². The van der Waals surface area contributed by atoms with E-state index in [1.54, 1.807) is 0 Å². The Morgan fingerprint density at radius 3 is 2.80 bits per heavy atom. The van der Waals surface area contributed by atoms with Crippen molar-refractivity contribution < 1.29 is 0 Å². The van der Waals surface area contributed by atoms with Crippen LogP contribution in [0, 0.1) is 0 Å². The molecule has 0 aromatic heterocycles. The minimum absolute atomic E-state index is 0.586. The number of halogens is 2. The Hall–Kier alpha value is -0.0100. The molecule has 0 saturated heterocycles. The smallest absolute Gasteiger partial charge is 0.0408 e. The fourth-order valence-corrected chi connectivity index (χ4v) is 2.55. The molecule has 84 valence electrons. The Kier molecular flexibility index (Phi) is 6.35. The van der Waals surface area contributed by atoms with Crippen LogP contribution in [0.3, 0.4) is 0 Å². The van der Waals surface area contributed by atoms with Crippen molar-refractivity contribution in [2.24, 2.45) is 0 Å². The molecule has 0 nitrogen and oxygen atoms in total. The third kappa shape index (κ3) is 5.58. The summed E-state index contributed by atoms with van der Waals surface area (Å²) in [5.41, 5.74) is 1.32. The van der Waals surface area contributed by atoms with Crippen molar-refractivity contribution in [1.82, 2.24) is 0 Å². The minimum atomic E-state index is 0.586. The van der Waals surface area contributed by atoms with E-state index >= 15 is 0 Å². The van der Waals surface area contributed by atoms with Crippen LogP contribution in [0.1, 0.15) is 38.2 Å². The van der Waals surface area contributed by atoms with Gasteiger partial charge in [-0.3, -0.25) is 0 Å². The van der Waals surface area contributed by atoms with Gasteiger partial charge in [0, 0.05) is 9.85 Å². The van der Waals surface area contributed by atoms with Crippen molar-refractivity contribution in [3.8, 4) is 0 Å². The van der Waals surface area contributed by atoms with Gasteiger partial charge in [0.1, 0.15) is 0 Å². The SMILES string of the molecule is CCCCCC(Br)Cc1cccc(Cl)c1. The minimum Gasteiger partial charge on any atom is -0.0887 e. The summed E-state index contributed by atoms with van der Waals surface area (Å²) in [5, 5.41) is 0.834. The maximum atomic E-state index is 5.94. The largest absolute Gasteiger partial charge is 0.0887 e. The molecule has 0 saturated carbocycles. The standard InChI is InChI=1S/C13H18BrCl/c1-2-3-4-7-12(14)9-11-6-5-8-13(15)10-11/h5-6,8,10,12H,2-4,7,9H2,1H3. The van der Waals surface area contributed by atoms with E-state index < -0.39 is 0 Å². The number of unbranched alkanes of at least 4 members (excludes halogenated alkanes) is 2. The molecule has 0 N–H and O–H groups in total. The Balaban J connectivity index is 2.34. The predicted octanol–water partition coefficient (Wildman–Crippen LogP) is 5.23. The van der Waals surface area contributed by atoms with Gasteiger partial charge >= 0.3 is 0 Å². The highest BCUT2D eigenvalue weighted by molar-refractivity contribution is 9.09. The highest BCUT2D eigenvalue weighted by atomic mass is 79.9. The van der Waals surface area contributed by atoms with Crippen LogP contribution in [0.15, 0.2) is 24.3 Å². The first-order valence-corrected chi connectivity index (χ1v) is 6.90. The van der Waals surface area contributed by atoms with Crippen molar-refractivity contribution in [3.05, 3.63) is 34.9 Å². The van der Waals surface area contributed by atoms with Gasteiger partial charge in [-0.15, -0.1) is 0 Å². The Bertz CT molecular complexity index is 286. The zero-order valence-electron chi connectivity index (χ0n) is 9.18. The first kappa shape index (κ1) is 13.1. The summed E-state index contributed by atoms with van der Waals surface area (Å²) < 4.78 is 0. The van der Waals surface area contributed by atoms with Crippen LogP contribution in [0.4, 0.5) is 0 Å². The van der Waals surface area contributed by atoms with Crippen LogP contribution < -0.4 is 0 Å².